The Labute approximate surface area is 299 Å². The molecule has 5 aromatic rings. The van der Waals surface area contributed by atoms with E-state index < -0.39 is 0 Å². The van der Waals surface area contributed by atoms with Crippen molar-refractivity contribution in [2.45, 2.75) is 92.4 Å². The first kappa shape index (κ1) is 37.3. The fraction of sp³-hybridized carbons (Fsp3) is 0.333. The Hall–Kier alpha value is -2.18. The van der Waals surface area contributed by atoms with Gasteiger partial charge in [-0.25, -0.2) is 6.07 Å². The van der Waals surface area contributed by atoms with Gasteiger partial charge < -0.3 is 24.8 Å². The maximum atomic E-state index is 3.54. The zero-order valence-electron chi connectivity index (χ0n) is 28.0. The van der Waals surface area contributed by atoms with Crippen molar-refractivity contribution in [3.63, 3.8) is 0 Å². The molecular weight excluding hydrogens is 667 g/mol. The maximum absolute atomic E-state index is 3.54. The average molecular weight is 713 g/mol. The average Bonchev–Trinajstić information content (AvgIpc) is 3.58. The zero-order chi connectivity index (χ0) is 30.7. The van der Waals surface area contributed by atoms with Crippen molar-refractivity contribution < 1.29 is 49.0 Å². The van der Waals surface area contributed by atoms with E-state index >= 15 is 0 Å². The summed E-state index contributed by atoms with van der Waals surface area (Å²) in [6.45, 7) is 15.5. The van der Waals surface area contributed by atoms with Crippen LogP contribution in [0.3, 0.4) is 0 Å². The Kier molecular flexibility index (Phi) is 13.3. The number of fused-ring (bicyclic) bond motifs is 4. The van der Waals surface area contributed by atoms with Gasteiger partial charge in [-0.1, -0.05) is 82.9 Å². The minimum Gasteiger partial charge on any atom is -1.00 e. The molecule has 5 aromatic carbocycles. The SMILES string of the molecule is C[C](=[Zr+2])c1ccc2ccccc2c1.Cc1[c-]c2c(cc1C)-c1cc(C)c(C)cc1C2.Cc1cc(C2(C)CCCCC2)c[cH-]1.[Cl-].[Cl-]. The van der Waals surface area contributed by atoms with Crippen molar-refractivity contribution >= 4 is 14.0 Å². The minimum atomic E-state index is 0. The second-order valence-corrected chi connectivity index (χ2v) is 15.1. The number of benzene rings is 4. The summed E-state index contributed by atoms with van der Waals surface area (Å²) in [4.78, 5) is 0. The molecular formula is C42H46Cl2Zr-2. The van der Waals surface area contributed by atoms with Crippen LogP contribution in [0.1, 0.15) is 96.0 Å². The van der Waals surface area contributed by atoms with Gasteiger partial charge in [-0.3, -0.25) is 0 Å². The number of halogens is 2. The number of aryl methyl sites for hydroxylation is 5. The van der Waals surface area contributed by atoms with E-state index in [2.05, 4.69) is 133 Å². The number of hydrogen-bond acceptors (Lipinski definition) is 0. The van der Waals surface area contributed by atoms with Crippen LogP contribution < -0.4 is 24.8 Å². The topological polar surface area (TPSA) is 0 Å². The predicted octanol–water partition coefficient (Wildman–Crippen LogP) is 5.16. The van der Waals surface area contributed by atoms with E-state index in [1.165, 1.54) is 126 Å². The van der Waals surface area contributed by atoms with Gasteiger partial charge >= 0.3 is 93.2 Å². The van der Waals surface area contributed by atoms with Crippen molar-refractivity contribution in [2.75, 3.05) is 0 Å². The van der Waals surface area contributed by atoms with E-state index in [9.17, 15) is 0 Å². The van der Waals surface area contributed by atoms with Gasteiger partial charge in [-0.15, -0.1) is 11.1 Å². The Morgan fingerprint density at radius 1 is 0.756 bits per heavy atom. The van der Waals surface area contributed by atoms with Crippen LogP contribution in [0.25, 0.3) is 21.9 Å². The van der Waals surface area contributed by atoms with Crippen LogP contribution in [0.5, 0.6) is 0 Å². The normalized spacial score (nSPS) is 14.0. The van der Waals surface area contributed by atoms with Crippen LogP contribution in [0.2, 0.25) is 0 Å². The van der Waals surface area contributed by atoms with Gasteiger partial charge in [0.15, 0.2) is 0 Å². The van der Waals surface area contributed by atoms with Gasteiger partial charge in [-0.05, 0) is 37.0 Å². The molecule has 234 valence electrons. The van der Waals surface area contributed by atoms with Crippen LogP contribution in [0.4, 0.5) is 0 Å². The smallest absolute Gasteiger partial charge is 0.0253 e. The first-order valence-corrected chi connectivity index (χ1v) is 17.2. The molecule has 0 unspecified atom stereocenters. The zero-order valence-corrected chi connectivity index (χ0v) is 32.0. The van der Waals surface area contributed by atoms with Gasteiger partial charge in [0, 0.05) is 0 Å². The van der Waals surface area contributed by atoms with Crippen LogP contribution in [-0.2, 0) is 36.1 Å². The molecule has 1 fully saturated rings. The molecule has 0 saturated heterocycles. The van der Waals surface area contributed by atoms with Crippen LogP contribution >= 0.6 is 0 Å². The molecule has 0 aliphatic heterocycles. The largest absolute Gasteiger partial charge is 1.00 e. The molecule has 7 rings (SSSR count). The van der Waals surface area contributed by atoms with Gasteiger partial charge in [-0.2, -0.15) is 46.5 Å². The monoisotopic (exact) mass is 710 g/mol. The van der Waals surface area contributed by atoms with Crippen molar-refractivity contribution in [3.05, 3.63) is 135 Å². The Morgan fingerprint density at radius 2 is 1.40 bits per heavy atom. The van der Waals surface area contributed by atoms with Crippen molar-refractivity contribution in [3.8, 4) is 11.1 Å². The van der Waals surface area contributed by atoms with Crippen LogP contribution in [-0.4, -0.2) is 3.21 Å². The third-order valence-electron chi connectivity index (χ3n) is 9.74. The molecule has 2 aliphatic rings. The summed E-state index contributed by atoms with van der Waals surface area (Å²) in [5, 5.41) is 2.66. The quantitative estimate of drug-likeness (QED) is 0.218. The van der Waals surface area contributed by atoms with Gasteiger partial charge in [0.2, 0.25) is 0 Å². The van der Waals surface area contributed by atoms with Crippen molar-refractivity contribution in [2.24, 2.45) is 0 Å². The summed E-state index contributed by atoms with van der Waals surface area (Å²) in [5.74, 6) is 0. The molecule has 0 atom stereocenters. The molecule has 0 nitrogen and oxygen atoms in total. The summed E-state index contributed by atoms with van der Waals surface area (Å²) >= 11 is 1.50. The second-order valence-electron chi connectivity index (χ2n) is 13.2. The molecule has 0 amide bonds. The summed E-state index contributed by atoms with van der Waals surface area (Å²) in [7, 11) is 0. The number of hydrogen-bond donors (Lipinski definition) is 0. The van der Waals surface area contributed by atoms with E-state index in [4.69, 9.17) is 0 Å². The van der Waals surface area contributed by atoms with Crippen LogP contribution in [0, 0.1) is 40.7 Å². The third kappa shape index (κ3) is 8.80. The molecule has 45 heavy (non-hydrogen) atoms. The van der Waals surface area contributed by atoms with E-state index in [1.807, 2.05) is 0 Å². The molecule has 0 spiro atoms. The van der Waals surface area contributed by atoms with E-state index in [-0.39, 0.29) is 24.8 Å². The summed E-state index contributed by atoms with van der Waals surface area (Å²) < 4.78 is 1.46. The second kappa shape index (κ2) is 16.1. The molecule has 0 bridgehead atoms. The Balaban J connectivity index is 0.000000183. The maximum Gasteiger partial charge on any atom is -0.0253 e. The first-order chi connectivity index (χ1) is 20.5. The minimum absolute atomic E-state index is 0. The first-order valence-electron chi connectivity index (χ1n) is 15.9. The van der Waals surface area contributed by atoms with Gasteiger partial charge in [0.1, 0.15) is 0 Å². The van der Waals surface area contributed by atoms with Gasteiger partial charge in [0.05, 0.1) is 0 Å². The van der Waals surface area contributed by atoms with Crippen molar-refractivity contribution in [1.29, 1.82) is 0 Å². The molecule has 0 radical (unpaired) electrons. The molecule has 3 heteroatoms. The summed E-state index contributed by atoms with van der Waals surface area (Å²) in [5.41, 5.74) is 15.9. The fourth-order valence-electron chi connectivity index (χ4n) is 6.63. The standard InChI is InChI=1S/C17H17.C13H19.C12H10.2ClH.Zr/c1-10-5-14-9-15-6-11(2)13(4)8-17(15)16(14)7-12(10)3;1-11-6-7-12(10-11)13(2)8-4-3-5-9-13;1-2-10-7-8-11-5-3-4-6-12(11)9-10;;;/h5,7-8H,9H2,1-4H3;6-7,10H,3-5,8-9H2,1-2H3;3-9H,1H3;2*1H;/q2*-1;;;;+2/p-2. The van der Waals surface area contributed by atoms with E-state index in [0.29, 0.717) is 5.41 Å². The van der Waals surface area contributed by atoms with Crippen LogP contribution in [0.15, 0.2) is 78.9 Å². The molecule has 0 heterocycles. The third-order valence-corrected chi connectivity index (χ3v) is 10.4. The van der Waals surface area contributed by atoms with Crippen molar-refractivity contribution in [1.82, 2.24) is 0 Å². The molecule has 0 aromatic heterocycles. The Morgan fingerprint density at radius 3 is 2.04 bits per heavy atom. The summed E-state index contributed by atoms with van der Waals surface area (Å²) in [6, 6.07) is 32.6. The van der Waals surface area contributed by atoms with E-state index in [1.54, 1.807) is 5.56 Å². The molecule has 0 N–H and O–H groups in total. The molecule has 2 aliphatic carbocycles. The fourth-order valence-corrected chi connectivity index (χ4v) is 7.01. The van der Waals surface area contributed by atoms with E-state index in [0.717, 1.165) is 6.42 Å². The Bertz CT molecular complexity index is 1710. The number of rotatable bonds is 2. The molecule has 1 saturated carbocycles. The summed E-state index contributed by atoms with van der Waals surface area (Å²) in [6.07, 6.45) is 8.09. The van der Waals surface area contributed by atoms with Gasteiger partial charge in [0.25, 0.3) is 0 Å². The predicted molar refractivity (Wildman–Crippen MR) is 183 cm³/mol.